The molecule has 0 atom stereocenters. The van der Waals surface area contributed by atoms with E-state index in [-0.39, 0.29) is 17.8 Å². The molecule has 0 saturated heterocycles. The molecule has 5 heteroatoms. The molecule has 0 heterocycles. The number of rotatable bonds is 5. The molecule has 2 rings (SSSR count). The summed E-state index contributed by atoms with van der Waals surface area (Å²) in [5.74, 6) is -1.04. The van der Waals surface area contributed by atoms with Crippen LogP contribution < -0.4 is 0 Å². The fourth-order valence-corrected chi connectivity index (χ4v) is 3.67. The van der Waals surface area contributed by atoms with E-state index < -0.39 is 5.97 Å². The van der Waals surface area contributed by atoms with Gasteiger partial charge in [-0.25, -0.2) is 4.39 Å². The van der Waals surface area contributed by atoms with Crippen LogP contribution in [0.25, 0.3) is 0 Å². The van der Waals surface area contributed by atoms with Gasteiger partial charge in [-0.2, -0.15) is 0 Å². The van der Waals surface area contributed by atoms with Gasteiger partial charge in [-0.15, -0.1) is 0 Å². The largest absolute Gasteiger partial charge is 0.481 e. The van der Waals surface area contributed by atoms with Crippen LogP contribution in [0.1, 0.15) is 44.1 Å². The minimum absolute atomic E-state index is 0.149. The number of nitrogens with zero attached hydrogens (tertiary/aromatic N) is 1. The molecule has 0 bridgehead atoms. The monoisotopic (exact) mass is 357 g/mol. The number of benzene rings is 1. The van der Waals surface area contributed by atoms with E-state index >= 15 is 0 Å². The summed E-state index contributed by atoms with van der Waals surface area (Å²) in [4.78, 5) is 13.4. The van der Waals surface area contributed by atoms with Crippen LogP contribution in [0.2, 0.25) is 0 Å². The Balaban J connectivity index is 2.20. The first-order valence-electron chi connectivity index (χ1n) is 7.30. The van der Waals surface area contributed by atoms with E-state index in [0.717, 1.165) is 31.2 Å². The number of halogens is 2. The zero-order chi connectivity index (χ0) is 15.5. The molecule has 0 radical (unpaired) electrons. The van der Waals surface area contributed by atoms with E-state index in [1.54, 1.807) is 6.07 Å². The van der Waals surface area contributed by atoms with Crippen molar-refractivity contribution in [1.29, 1.82) is 0 Å². The van der Waals surface area contributed by atoms with E-state index in [1.165, 1.54) is 12.5 Å². The van der Waals surface area contributed by atoms with Crippen molar-refractivity contribution < 1.29 is 14.3 Å². The number of carbonyl (C=O) groups is 1. The quantitative estimate of drug-likeness (QED) is 0.858. The lowest BCUT2D eigenvalue weighted by Gasteiger charge is -2.44. The fourth-order valence-electron chi connectivity index (χ4n) is 3.28. The lowest BCUT2D eigenvalue weighted by molar-refractivity contribution is -0.141. The summed E-state index contributed by atoms with van der Waals surface area (Å²) in [6.45, 7) is 0.547. The second-order valence-corrected chi connectivity index (χ2v) is 6.72. The Bertz CT molecular complexity index is 515. The second kappa shape index (κ2) is 6.88. The van der Waals surface area contributed by atoms with Crippen LogP contribution in [-0.2, 0) is 11.3 Å². The molecular weight excluding hydrogens is 337 g/mol. The van der Waals surface area contributed by atoms with E-state index in [0.29, 0.717) is 11.0 Å². The third-order valence-corrected chi connectivity index (χ3v) is 5.40. The molecule has 0 aliphatic heterocycles. The maximum Gasteiger partial charge on any atom is 0.305 e. The molecule has 1 aromatic rings. The highest BCUT2D eigenvalue weighted by molar-refractivity contribution is 9.10. The van der Waals surface area contributed by atoms with E-state index in [1.807, 2.05) is 13.1 Å². The van der Waals surface area contributed by atoms with Gasteiger partial charge in [0.15, 0.2) is 0 Å². The SMILES string of the molecule is CN(Cc1cccc(F)c1Br)C1(CC(=O)O)CCCCC1. The van der Waals surface area contributed by atoms with Gasteiger partial charge < -0.3 is 5.11 Å². The van der Waals surface area contributed by atoms with Crippen molar-refractivity contribution in [2.75, 3.05) is 7.05 Å². The Labute approximate surface area is 133 Å². The first kappa shape index (κ1) is 16.4. The first-order valence-corrected chi connectivity index (χ1v) is 8.10. The van der Waals surface area contributed by atoms with Gasteiger partial charge in [0.1, 0.15) is 5.82 Å². The average molecular weight is 358 g/mol. The minimum Gasteiger partial charge on any atom is -0.481 e. The van der Waals surface area contributed by atoms with Crippen molar-refractivity contribution in [2.24, 2.45) is 0 Å². The molecule has 3 nitrogen and oxygen atoms in total. The van der Waals surface area contributed by atoms with Gasteiger partial charge in [0.05, 0.1) is 10.9 Å². The lowest BCUT2D eigenvalue weighted by Crippen LogP contribution is -2.49. The highest BCUT2D eigenvalue weighted by Gasteiger charge is 2.38. The third kappa shape index (κ3) is 3.83. The smallest absolute Gasteiger partial charge is 0.305 e. The Morgan fingerprint density at radius 2 is 2.05 bits per heavy atom. The van der Waals surface area contributed by atoms with Crippen molar-refractivity contribution in [3.8, 4) is 0 Å². The van der Waals surface area contributed by atoms with Gasteiger partial charge in [0, 0.05) is 12.1 Å². The zero-order valence-corrected chi connectivity index (χ0v) is 13.8. The third-order valence-electron chi connectivity index (χ3n) is 4.51. The summed E-state index contributed by atoms with van der Waals surface area (Å²) in [6.07, 6.45) is 5.21. The normalized spacial score (nSPS) is 17.9. The molecule has 0 aromatic heterocycles. The molecule has 0 unspecified atom stereocenters. The van der Waals surface area contributed by atoms with Crippen LogP contribution in [0.15, 0.2) is 22.7 Å². The van der Waals surface area contributed by atoms with Gasteiger partial charge in [-0.3, -0.25) is 9.69 Å². The van der Waals surface area contributed by atoms with Crippen molar-refractivity contribution in [2.45, 2.75) is 50.6 Å². The van der Waals surface area contributed by atoms with Gasteiger partial charge >= 0.3 is 5.97 Å². The maximum absolute atomic E-state index is 13.6. The Morgan fingerprint density at radius 3 is 2.67 bits per heavy atom. The molecule has 1 aliphatic rings. The molecule has 1 aromatic carbocycles. The Hall–Kier alpha value is -0.940. The van der Waals surface area contributed by atoms with Crippen molar-refractivity contribution in [1.82, 2.24) is 4.90 Å². The number of hydrogen-bond donors (Lipinski definition) is 1. The summed E-state index contributed by atoms with van der Waals surface area (Å²) in [5, 5.41) is 9.25. The highest BCUT2D eigenvalue weighted by Crippen LogP contribution is 2.37. The number of carboxylic acid groups (broad SMARTS) is 1. The van der Waals surface area contributed by atoms with Crippen LogP contribution in [0.5, 0.6) is 0 Å². The Morgan fingerprint density at radius 1 is 1.38 bits per heavy atom. The van der Waals surface area contributed by atoms with Gasteiger partial charge in [0.2, 0.25) is 0 Å². The molecule has 0 amide bonds. The van der Waals surface area contributed by atoms with Crippen molar-refractivity contribution >= 4 is 21.9 Å². The fraction of sp³-hybridized carbons (Fsp3) is 0.562. The number of aliphatic carboxylic acids is 1. The molecule has 0 spiro atoms. The van der Waals surface area contributed by atoms with E-state index in [2.05, 4.69) is 20.8 Å². The zero-order valence-electron chi connectivity index (χ0n) is 12.2. The van der Waals surface area contributed by atoms with Gasteiger partial charge in [-0.1, -0.05) is 31.4 Å². The number of carboxylic acids is 1. The molecule has 116 valence electrons. The lowest BCUT2D eigenvalue weighted by atomic mass is 9.78. The van der Waals surface area contributed by atoms with Gasteiger partial charge in [0.25, 0.3) is 0 Å². The maximum atomic E-state index is 13.6. The van der Waals surface area contributed by atoms with Crippen LogP contribution in [0.4, 0.5) is 4.39 Å². The van der Waals surface area contributed by atoms with Crippen molar-refractivity contribution in [3.63, 3.8) is 0 Å². The van der Waals surface area contributed by atoms with Crippen LogP contribution in [0, 0.1) is 5.82 Å². The topological polar surface area (TPSA) is 40.5 Å². The highest BCUT2D eigenvalue weighted by atomic mass is 79.9. The number of hydrogen-bond acceptors (Lipinski definition) is 2. The van der Waals surface area contributed by atoms with Crippen LogP contribution >= 0.6 is 15.9 Å². The molecule has 1 fully saturated rings. The molecule has 1 N–H and O–H groups in total. The first-order chi connectivity index (χ1) is 9.94. The predicted octanol–water partition coefficient (Wildman–Crippen LogP) is 4.20. The molecule has 1 aliphatic carbocycles. The van der Waals surface area contributed by atoms with E-state index in [9.17, 15) is 14.3 Å². The minimum atomic E-state index is -0.762. The molecular formula is C16H21BrFNO2. The van der Waals surface area contributed by atoms with E-state index in [4.69, 9.17) is 0 Å². The molecule has 21 heavy (non-hydrogen) atoms. The summed E-state index contributed by atoms with van der Waals surface area (Å²) in [6, 6.07) is 4.98. The Kier molecular flexibility index (Phi) is 5.38. The van der Waals surface area contributed by atoms with Crippen LogP contribution in [0.3, 0.4) is 0 Å². The second-order valence-electron chi connectivity index (χ2n) is 5.92. The van der Waals surface area contributed by atoms with Gasteiger partial charge in [-0.05, 0) is 47.4 Å². The predicted molar refractivity (Wildman–Crippen MR) is 83.6 cm³/mol. The summed E-state index contributed by atoms with van der Waals surface area (Å²) in [5.41, 5.74) is 0.545. The standard InChI is InChI=1S/C16H21BrFNO2/c1-19(11-12-6-5-7-13(18)15(12)17)16(10-14(20)21)8-3-2-4-9-16/h5-7H,2-4,8-11H2,1H3,(H,20,21). The molecule has 1 saturated carbocycles. The summed E-state index contributed by atoms with van der Waals surface area (Å²) >= 11 is 3.28. The van der Waals surface area contributed by atoms with Crippen LogP contribution in [-0.4, -0.2) is 28.6 Å². The van der Waals surface area contributed by atoms with Crippen molar-refractivity contribution in [3.05, 3.63) is 34.1 Å². The summed E-state index contributed by atoms with van der Waals surface area (Å²) < 4.78 is 14.1. The average Bonchev–Trinajstić information content (AvgIpc) is 2.44. The summed E-state index contributed by atoms with van der Waals surface area (Å²) in [7, 11) is 1.95.